The lowest BCUT2D eigenvalue weighted by atomic mass is 9.78. The average Bonchev–Trinajstić information content (AvgIpc) is 3.42. The number of ether oxygens (including phenoxy) is 4. The van der Waals surface area contributed by atoms with Crippen molar-refractivity contribution in [3.8, 4) is 17.2 Å². The van der Waals surface area contributed by atoms with Crippen LogP contribution in [-0.4, -0.2) is 88.5 Å². The lowest BCUT2D eigenvalue weighted by Crippen LogP contribution is -2.46. The van der Waals surface area contributed by atoms with E-state index in [0.29, 0.717) is 18.8 Å². The minimum absolute atomic E-state index is 0.000347. The smallest absolute Gasteiger partial charge is 0.312 e. The fourth-order valence-electron chi connectivity index (χ4n) is 8.03. The SMILES string of the molecule is CO[C@@H]1/C=C/O[C@@]2(C)Oc3c(C)c(O)c4c(O)c(cc(N5CCCCC5)c4c3C2=O)NC(=O)/C(C)=C\C=C\[C@@H](C)[C@H](O)[C@H](C)[C@H](O)[C@@H](C)[C@@H](OC(C)=O)[C@@H]1C. The van der Waals surface area contributed by atoms with Gasteiger partial charge in [-0.15, -0.1) is 0 Å². The summed E-state index contributed by atoms with van der Waals surface area (Å²) >= 11 is 0. The molecule has 0 aromatic heterocycles. The number of allylic oxidation sites excluding steroid dienone is 2. The number of hydrogen-bond donors (Lipinski definition) is 5. The van der Waals surface area contributed by atoms with Crippen LogP contribution in [0.25, 0.3) is 10.8 Å². The van der Waals surface area contributed by atoms with Crippen molar-refractivity contribution in [1.29, 1.82) is 0 Å². The first-order chi connectivity index (χ1) is 25.9. The molecule has 6 rings (SSSR count). The topological polar surface area (TPSA) is 184 Å². The van der Waals surface area contributed by atoms with Gasteiger partial charge in [-0.2, -0.15) is 0 Å². The van der Waals surface area contributed by atoms with Gasteiger partial charge < -0.3 is 49.6 Å². The van der Waals surface area contributed by atoms with Gasteiger partial charge in [-0.1, -0.05) is 45.9 Å². The number of nitrogens with zero attached hydrogens (tertiary/aromatic N) is 1. The molecule has 4 aliphatic rings. The first kappa shape index (κ1) is 41.6. The van der Waals surface area contributed by atoms with Gasteiger partial charge in [0.2, 0.25) is 0 Å². The Morgan fingerprint density at radius 2 is 1.62 bits per heavy atom. The maximum Gasteiger partial charge on any atom is 0.312 e. The number of aromatic hydroxyl groups is 2. The highest BCUT2D eigenvalue weighted by Gasteiger charge is 2.49. The molecule has 13 nitrogen and oxygen atoms in total. The minimum atomic E-state index is -1.89. The lowest BCUT2D eigenvalue weighted by Gasteiger charge is -2.38. The van der Waals surface area contributed by atoms with Crippen LogP contribution < -0.4 is 15.0 Å². The third-order valence-electron chi connectivity index (χ3n) is 11.5. The van der Waals surface area contributed by atoms with Gasteiger partial charge in [0.25, 0.3) is 11.7 Å². The van der Waals surface area contributed by atoms with E-state index in [1.807, 2.05) is 0 Å². The monoisotopic (exact) mass is 764 g/mol. The van der Waals surface area contributed by atoms with E-state index in [-0.39, 0.29) is 44.7 Å². The zero-order valence-corrected chi connectivity index (χ0v) is 33.2. The van der Waals surface area contributed by atoms with E-state index in [1.165, 1.54) is 27.2 Å². The summed E-state index contributed by atoms with van der Waals surface area (Å²) in [5.74, 6) is -6.42. The van der Waals surface area contributed by atoms with Crippen molar-refractivity contribution in [3.05, 3.63) is 53.3 Å². The summed E-state index contributed by atoms with van der Waals surface area (Å²) in [5, 5.41) is 49.2. The molecule has 13 heteroatoms. The number of aliphatic hydroxyl groups excluding tert-OH is 2. The van der Waals surface area contributed by atoms with Crippen LogP contribution in [0.2, 0.25) is 0 Å². The number of phenolic OH excluding ortho intramolecular Hbond substituents is 2. The third kappa shape index (κ3) is 8.06. The highest BCUT2D eigenvalue weighted by Crippen LogP contribution is 2.54. The summed E-state index contributed by atoms with van der Waals surface area (Å²) < 4.78 is 23.8. The number of esters is 1. The van der Waals surface area contributed by atoms with Crippen LogP contribution in [0.5, 0.6) is 17.2 Å². The number of aliphatic hydroxyl groups is 2. The molecule has 4 aliphatic heterocycles. The van der Waals surface area contributed by atoms with E-state index in [9.17, 15) is 34.8 Å². The number of carbonyl (C=O) groups is 3. The number of methoxy groups -OCH3 is 1. The molecule has 2 aromatic rings. The van der Waals surface area contributed by atoms with Crippen molar-refractivity contribution >= 4 is 39.8 Å². The van der Waals surface area contributed by atoms with Gasteiger partial charge in [-0.25, -0.2) is 0 Å². The number of ketones is 1. The van der Waals surface area contributed by atoms with E-state index in [2.05, 4.69) is 10.2 Å². The van der Waals surface area contributed by atoms with E-state index >= 15 is 0 Å². The summed E-state index contributed by atoms with van der Waals surface area (Å²) in [7, 11) is 1.47. The Kier molecular flexibility index (Phi) is 12.6. The van der Waals surface area contributed by atoms with E-state index in [1.54, 1.807) is 71.9 Å². The molecule has 5 bridgehead atoms. The molecule has 1 saturated heterocycles. The summed E-state index contributed by atoms with van der Waals surface area (Å²) in [4.78, 5) is 42.4. The molecule has 0 aliphatic carbocycles. The second kappa shape index (κ2) is 16.6. The van der Waals surface area contributed by atoms with Gasteiger partial charge in [0.15, 0.2) is 5.75 Å². The van der Waals surface area contributed by atoms with Crippen LogP contribution in [-0.2, 0) is 23.8 Å². The molecule has 0 radical (unpaired) electrons. The van der Waals surface area contributed by atoms with Gasteiger partial charge in [0.1, 0.15) is 17.6 Å². The highest BCUT2D eigenvalue weighted by molar-refractivity contribution is 6.23. The van der Waals surface area contributed by atoms with Crippen molar-refractivity contribution in [1.82, 2.24) is 0 Å². The van der Waals surface area contributed by atoms with Crippen molar-refractivity contribution in [2.45, 2.75) is 105 Å². The molecule has 2 aromatic carbocycles. The van der Waals surface area contributed by atoms with Crippen LogP contribution >= 0.6 is 0 Å². The molecule has 9 atom stereocenters. The number of Topliss-reactive ketones (excluding diaryl/α,β-unsaturated/α-hetero) is 1. The van der Waals surface area contributed by atoms with Gasteiger partial charge in [-0.3, -0.25) is 14.4 Å². The summed E-state index contributed by atoms with van der Waals surface area (Å²) in [5.41, 5.74) is 1.22. The largest absolute Gasteiger partial charge is 0.507 e. The standard InChI is InChI=1S/C42H56N2O11/c1-21-14-13-15-22(2)41(51)43-28-20-29(44-17-11-10-12-18-44)31-32(37(28)49)36(48)26(6)39-33(31)40(50)42(8,55-39)53-19-16-30(52-9)23(3)38(54-27(7)45)25(5)35(47)24(4)34(21)46/h13-16,19-21,23-25,30,34-35,38,46-49H,10-12,17-18H2,1-9H3,(H,43,51)/b14-13+,19-16+,22-15-/t21-,23-,24+,25-,30-,34+,35+,38+,42+/m1/s1. The normalized spacial score (nSPS) is 33.0. The second-order valence-electron chi connectivity index (χ2n) is 15.5. The number of phenols is 2. The molecule has 55 heavy (non-hydrogen) atoms. The zero-order valence-electron chi connectivity index (χ0n) is 33.2. The lowest BCUT2D eigenvalue weighted by molar-refractivity contribution is -0.160. The van der Waals surface area contributed by atoms with Gasteiger partial charge >= 0.3 is 11.8 Å². The Labute approximate surface area is 322 Å². The molecule has 4 heterocycles. The summed E-state index contributed by atoms with van der Waals surface area (Å²) in [6.07, 6.45) is 6.89. The number of piperidine rings is 1. The van der Waals surface area contributed by atoms with Crippen molar-refractivity contribution in [2.75, 3.05) is 30.4 Å². The Bertz CT molecular complexity index is 1900. The molecular weight excluding hydrogens is 708 g/mol. The Hall–Kier alpha value is -4.59. The van der Waals surface area contributed by atoms with Crippen molar-refractivity contribution in [2.24, 2.45) is 23.7 Å². The van der Waals surface area contributed by atoms with E-state index in [4.69, 9.17) is 18.9 Å². The first-order valence-corrected chi connectivity index (χ1v) is 19.0. The Morgan fingerprint density at radius 1 is 0.945 bits per heavy atom. The minimum Gasteiger partial charge on any atom is -0.507 e. The van der Waals surface area contributed by atoms with Crippen LogP contribution in [0.1, 0.15) is 83.7 Å². The molecule has 0 unspecified atom stereocenters. The maximum absolute atomic E-state index is 14.5. The predicted molar refractivity (Wildman–Crippen MR) is 208 cm³/mol. The second-order valence-corrected chi connectivity index (χ2v) is 15.5. The van der Waals surface area contributed by atoms with Gasteiger partial charge in [0, 0.05) is 79.9 Å². The molecular formula is C42H56N2O11. The number of hydrogen-bond acceptors (Lipinski definition) is 12. The molecule has 0 saturated carbocycles. The fourth-order valence-corrected chi connectivity index (χ4v) is 8.03. The van der Waals surface area contributed by atoms with Crippen LogP contribution in [0.15, 0.2) is 42.2 Å². The Morgan fingerprint density at radius 3 is 2.25 bits per heavy atom. The number of nitrogens with one attached hydrogen (secondary N) is 1. The fraction of sp³-hybridized carbons (Fsp3) is 0.548. The number of rotatable bonds is 3. The molecule has 300 valence electrons. The third-order valence-corrected chi connectivity index (χ3v) is 11.5. The quantitative estimate of drug-likeness (QED) is 0.181. The number of fused-ring (bicyclic) bond motifs is 14. The zero-order chi connectivity index (χ0) is 40.5. The number of anilines is 2. The summed E-state index contributed by atoms with van der Waals surface area (Å²) in [6.45, 7) is 14.3. The molecule has 5 N–H and O–H groups in total. The molecule has 1 amide bonds. The number of amides is 1. The average molecular weight is 765 g/mol. The maximum atomic E-state index is 14.5. The van der Waals surface area contributed by atoms with Gasteiger partial charge in [0.05, 0.1) is 41.2 Å². The predicted octanol–water partition coefficient (Wildman–Crippen LogP) is 6.04. The first-order valence-electron chi connectivity index (χ1n) is 19.0. The van der Waals surface area contributed by atoms with Gasteiger partial charge in [-0.05, 0) is 45.3 Å². The highest BCUT2D eigenvalue weighted by atomic mass is 16.7. The van der Waals surface area contributed by atoms with Crippen molar-refractivity contribution in [3.63, 3.8) is 0 Å². The number of benzene rings is 2. The summed E-state index contributed by atoms with van der Waals surface area (Å²) in [6, 6.07) is 1.62. The molecule has 0 spiro atoms. The van der Waals surface area contributed by atoms with Crippen molar-refractivity contribution < 1.29 is 53.8 Å². The van der Waals surface area contributed by atoms with E-state index < -0.39 is 77.3 Å². The number of carbonyl (C=O) groups excluding carboxylic acids is 3. The molecule has 1 fully saturated rings. The van der Waals surface area contributed by atoms with Crippen LogP contribution in [0.4, 0.5) is 11.4 Å². The Balaban J connectivity index is 1.69. The van der Waals surface area contributed by atoms with Crippen LogP contribution in [0, 0.1) is 30.6 Å². The van der Waals surface area contributed by atoms with E-state index in [0.717, 1.165) is 19.3 Å². The van der Waals surface area contributed by atoms with Crippen LogP contribution in [0.3, 0.4) is 0 Å².